The lowest BCUT2D eigenvalue weighted by molar-refractivity contribution is -0.384. The van der Waals surface area contributed by atoms with E-state index in [4.69, 9.17) is 0 Å². The molecule has 3 unspecified atom stereocenters. The number of aryl methyl sites for hydroxylation is 1. The molecule has 2 aliphatic rings. The quantitative estimate of drug-likeness (QED) is 0.667. The number of carboxylic acid groups (broad SMARTS) is 1. The molecular formula is C13H15N3O4. The van der Waals surface area contributed by atoms with Gasteiger partial charge >= 0.3 is 11.7 Å². The van der Waals surface area contributed by atoms with Crippen LogP contribution >= 0.6 is 0 Å². The van der Waals surface area contributed by atoms with Gasteiger partial charge in [-0.2, -0.15) is 0 Å². The van der Waals surface area contributed by atoms with Crippen molar-refractivity contribution in [2.24, 2.45) is 5.92 Å². The molecule has 3 heterocycles. The number of carboxylic acids is 1. The minimum absolute atomic E-state index is 0.00422. The molecule has 0 amide bonds. The number of fused-ring (bicyclic) bond motifs is 2. The Kier molecular flexibility index (Phi) is 2.84. The average molecular weight is 277 g/mol. The summed E-state index contributed by atoms with van der Waals surface area (Å²) in [5.41, 5.74) is 0.550. The Labute approximate surface area is 115 Å². The molecule has 2 aliphatic heterocycles. The van der Waals surface area contributed by atoms with Crippen LogP contribution in [0.2, 0.25) is 0 Å². The lowest BCUT2D eigenvalue weighted by atomic mass is 9.89. The van der Waals surface area contributed by atoms with E-state index in [0.29, 0.717) is 17.8 Å². The van der Waals surface area contributed by atoms with Crippen molar-refractivity contribution in [2.75, 3.05) is 4.90 Å². The summed E-state index contributed by atoms with van der Waals surface area (Å²) in [6, 6.07) is 1.48. The number of nitrogens with zero attached hydrogens (tertiary/aromatic N) is 3. The van der Waals surface area contributed by atoms with Crippen LogP contribution < -0.4 is 4.90 Å². The van der Waals surface area contributed by atoms with E-state index in [-0.39, 0.29) is 17.8 Å². The van der Waals surface area contributed by atoms with Gasteiger partial charge in [-0.1, -0.05) is 0 Å². The van der Waals surface area contributed by atoms with E-state index in [1.54, 1.807) is 19.2 Å². The van der Waals surface area contributed by atoms with E-state index < -0.39 is 16.8 Å². The zero-order chi connectivity index (χ0) is 14.4. The predicted molar refractivity (Wildman–Crippen MR) is 70.7 cm³/mol. The highest BCUT2D eigenvalue weighted by Gasteiger charge is 2.51. The number of pyridine rings is 1. The van der Waals surface area contributed by atoms with E-state index in [1.165, 1.54) is 0 Å². The molecule has 0 spiro atoms. The SMILES string of the molecule is Cc1ccnc(N2C3CCC2C(C(=O)O)C3)c1[N+](=O)[O-]. The summed E-state index contributed by atoms with van der Waals surface area (Å²) in [4.78, 5) is 28.2. The minimum atomic E-state index is -0.822. The van der Waals surface area contributed by atoms with E-state index >= 15 is 0 Å². The maximum atomic E-state index is 11.3. The molecule has 0 aromatic carbocycles. The molecule has 1 N–H and O–H groups in total. The summed E-state index contributed by atoms with van der Waals surface area (Å²) >= 11 is 0. The Morgan fingerprint density at radius 1 is 1.55 bits per heavy atom. The van der Waals surface area contributed by atoms with Crippen LogP contribution in [0.5, 0.6) is 0 Å². The van der Waals surface area contributed by atoms with Crippen LogP contribution in [0.3, 0.4) is 0 Å². The highest BCUT2D eigenvalue weighted by Crippen LogP contribution is 2.46. The van der Waals surface area contributed by atoms with E-state index in [9.17, 15) is 20.0 Å². The zero-order valence-electron chi connectivity index (χ0n) is 11.0. The second kappa shape index (κ2) is 4.43. The van der Waals surface area contributed by atoms with Gasteiger partial charge in [0.1, 0.15) is 0 Å². The van der Waals surface area contributed by atoms with Crippen molar-refractivity contribution in [1.82, 2.24) is 4.98 Å². The van der Waals surface area contributed by atoms with Crippen LogP contribution in [-0.4, -0.2) is 33.1 Å². The Bertz CT molecular complexity index is 589. The zero-order valence-corrected chi connectivity index (χ0v) is 11.0. The smallest absolute Gasteiger partial charge is 0.314 e. The van der Waals surface area contributed by atoms with Gasteiger partial charge in [-0.05, 0) is 32.3 Å². The highest BCUT2D eigenvalue weighted by atomic mass is 16.6. The van der Waals surface area contributed by atoms with Crippen molar-refractivity contribution in [1.29, 1.82) is 0 Å². The first-order valence-corrected chi connectivity index (χ1v) is 6.62. The molecule has 3 atom stereocenters. The van der Waals surface area contributed by atoms with Crippen molar-refractivity contribution in [3.05, 3.63) is 27.9 Å². The van der Waals surface area contributed by atoms with Crippen molar-refractivity contribution < 1.29 is 14.8 Å². The van der Waals surface area contributed by atoms with Crippen molar-refractivity contribution in [3.63, 3.8) is 0 Å². The number of anilines is 1. The molecule has 2 saturated heterocycles. The van der Waals surface area contributed by atoms with Crippen LogP contribution in [0.4, 0.5) is 11.5 Å². The molecule has 20 heavy (non-hydrogen) atoms. The average Bonchev–Trinajstić information content (AvgIpc) is 2.95. The summed E-state index contributed by atoms with van der Waals surface area (Å²) in [6.45, 7) is 1.68. The van der Waals surface area contributed by atoms with E-state index in [2.05, 4.69) is 4.98 Å². The summed E-state index contributed by atoms with van der Waals surface area (Å²) in [5.74, 6) is -0.945. The van der Waals surface area contributed by atoms with Crippen LogP contribution in [0.25, 0.3) is 0 Å². The Morgan fingerprint density at radius 3 is 2.90 bits per heavy atom. The standard InChI is InChI=1S/C13H15N3O4/c1-7-4-5-14-12(11(7)16(19)20)15-8-2-3-10(15)9(6-8)13(17)18/h4-5,8-10H,2-3,6H2,1H3,(H,17,18). The maximum absolute atomic E-state index is 11.3. The molecule has 3 rings (SSSR count). The van der Waals surface area contributed by atoms with Gasteiger partial charge in [0.15, 0.2) is 0 Å². The predicted octanol–water partition coefficient (Wildman–Crippen LogP) is 1.74. The lowest BCUT2D eigenvalue weighted by Gasteiger charge is -2.24. The highest BCUT2D eigenvalue weighted by molar-refractivity contribution is 5.75. The molecule has 1 aromatic rings. The first-order valence-electron chi connectivity index (χ1n) is 6.62. The molecule has 0 radical (unpaired) electrons. The molecule has 1 aromatic heterocycles. The summed E-state index contributed by atoms with van der Waals surface area (Å²) in [6.07, 6.45) is 3.73. The molecular weight excluding hydrogens is 262 g/mol. The van der Waals surface area contributed by atoms with Gasteiger partial charge < -0.3 is 10.0 Å². The fourth-order valence-corrected chi connectivity index (χ4v) is 3.53. The fourth-order valence-electron chi connectivity index (χ4n) is 3.53. The third-order valence-corrected chi connectivity index (χ3v) is 4.39. The third-order valence-electron chi connectivity index (χ3n) is 4.39. The molecule has 0 saturated carbocycles. The first kappa shape index (κ1) is 12.8. The number of aliphatic carboxylic acids is 1. The van der Waals surface area contributed by atoms with Crippen molar-refractivity contribution in [2.45, 2.75) is 38.3 Å². The number of rotatable bonds is 3. The largest absolute Gasteiger partial charge is 0.481 e. The maximum Gasteiger partial charge on any atom is 0.314 e. The second-order valence-electron chi connectivity index (χ2n) is 5.44. The number of carbonyl (C=O) groups is 1. The van der Waals surface area contributed by atoms with Crippen LogP contribution in [-0.2, 0) is 4.79 Å². The number of aromatic nitrogens is 1. The van der Waals surface area contributed by atoms with Crippen LogP contribution in [0, 0.1) is 23.0 Å². The van der Waals surface area contributed by atoms with Gasteiger partial charge in [-0.15, -0.1) is 0 Å². The number of hydrogen-bond donors (Lipinski definition) is 1. The summed E-state index contributed by atoms with van der Waals surface area (Å²) in [5, 5.41) is 20.5. The second-order valence-corrected chi connectivity index (χ2v) is 5.44. The Balaban J connectivity index is 2.05. The molecule has 2 fully saturated rings. The molecule has 106 valence electrons. The first-order chi connectivity index (χ1) is 9.50. The van der Waals surface area contributed by atoms with Gasteiger partial charge in [0.25, 0.3) is 0 Å². The fraction of sp³-hybridized carbons (Fsp3) is 0.538. The lowest BCUT2D eigenvalue weighted by Crippen LogP contribution is -2.34. The van der Waals surface area contributed by atoms with Crippen molar-refractivity contribution >= 4 is 17.5 Å². The topological polar surface area (TPSA) is 96.6 Å². The summed E-state index contributed by atoms with van der Waals surface area (Å²) < 4.78 is 0. The number of hydrogen-bond acceptors (Lipinski definition) is 5. The van der Waals surface area contributed by atoms with Gasteiger partial charge in [-0.25, -0.2) is 4.98 Å². The minimum Gasteiger partial charge on any atom is -0.481 e. The third kappa shape index (κ3) is 1.73. The number of nitro groups is 1. The van der Waals surface area contributed by atoms with Crippen molar-refractivity contribution in [3.8, 4) is 0 Å². The molecule has 7 heteroatoms. The van der Waals surface area contributed by atoms with Gasteiger partial charge in [-0.3, -0.25) is 14.9 Å². The van der Waals surface area contributed by atoms with Gasteiger partial charge in [0.05, 0.1) is 10.8 Å². The monoisotopic (exact) mass is 277 g/mol. The normalized spacial score (nSPS) is 27.9. The van der Waals surface area contributed by atoms with E-state index in [0.717, 1.165) is 12.8 Å². The Hall–Kier alpha value is -2.18. The van der Waals surface area contributed by atoms with Crippen LogP contribution in [0.1, 0.15) is 24.8 Å². The van der Waals surface area contributed by atoms with Crippen LogP contribution in [0.15, 0.2) is 12.3 Å². The molecule has 2 bridgehead atoms. The van der Waals surface area contributed by atoms with Gasteiger partial charge in [0, 0.05) is 23.8 Å². The summed E-state index contributed by atoms with van der Waals surface area (Å²) in [7, 11) is 0. The van der Waals surface area contributed by atoms with Gasteiger partial charge in [0.2, 0.25) is 5.82 Å². The Morgan fingerprint density at radius 2 is 2.30 bits per heavy atom. The molecule has 7 nitrogen and oxygen atoms in total. The molecule has 0 aliphatic carbocycles. The van der Waals surface area contributed by atoms with E-state index in [1.807, 2.05) is 4.90 Å².